The molecule has 0 N–H and O–H groups in total. The summed E-state index contributed by atoms with van der Waals surface area (Å²) in [5, 5.41) is 0. The first kappa shape index (κ1) is 17.7. The third-order valence-corrected chi connectivity index (χ3v) is 5.68. The summed E-state index contributed by atoms with van der Waals surface area (Å²) in [7, 11) is 0. The highest BCUT2D eigenvalue weighted by molar-refractivity contribution is 5.34. The van der Waals surface area contributed by atoms with E-state index in [-0.39, 0.29) is 6.10 Å². The number of hydrogen-bond donors (Lipinski definition) is 0. The summed E-state index contributed by atoms with van der Waals surface area (Å²) < 4.78 is 13.2. The van der Waals surface area contributed by atoms with Gasteiger partial charge in [0, 0.05) is 17.2 Å². The molecular weight excluding hydrogens is 322 g/mol. The predicted molar refractivity (Wildman–Crippen MR) is 104 cm³/mol. The van der Waals surface area contributed by atoms with Gasteiger partial charge in [-0.15, -0.1) is 0 Å². The zero-order valence-electron chi connectivity index (χ0n) is 15.6. The van der Waals surface area contributed by atoms with E-state index in [4.69, 9.17) is 9.47 Å². The molecule has 2 aliphatic rings. The lowest BCUT2D eigenvalue weighted by Gasteiger charge is -2.39. The van der Waals surface area contributed by atoms with Crippen LogP contribution in [0, 0.1) is 0 Å². The summed E-state index contributed by atoms with van der Waals surface area (Å²) in [5.41, 5.74) is 2.15. The highest BCUT2D eigenvalue weighted by Gasteiger charge is 2.48. The topological polar surface area (TPSA) is 21.7 Å². The summed E-state index contributed by atoms with van der Waals surface area (Å²) in [5.74, 6) is -0.789. The van der Waals surface area contributed by atoms with Crippen LogP contribution in [0.15, 0.2) is 60.7 Å². The Hall–Kier alpha value is -1.68. The lowest BCUT2D eigenvalue weighted by Crippen LogP contribution is -2.48. The van der Waals surface area contributed by atoms with Gasteiger partial charge in [-0.1, -0.05) is 74.0 Å². The predicted octanol–water partition coefficient (Wildman–Crippen LogP) is 4.57. The van der Waals surface area contributed by atoms with Crippen LogP contribution in [0.2, 0.25) is 0 Å². The molecule has 2 heterocycles. The van der Waals surface area contributed by atoms with E-state index in [9.17, 15) is 0 Å². The molecule has 3 nitrogen and oxygen atoms in total. The third-order valence-electron chi connectivity index (χ3n) is 5.68. The third kappa shape index (κ3) is 3.32. The molecule has 2 aromatic carbocycles. The van der Waals surface area contributed by atoms with Crippen LogP contribution in [0.1, 0.15) is 43.7 Å². The quantitative estimate of drug-likeness (QED) is 0.788. The summed E-state index contributed by atoms with van der Waals surface area (Å²) >= 11 is 0. The fourth-order valence-corrected chi connectivity index (χ4v) is 4.46. The van der Waals surface area contributed by atoms with Crippen molar-refractivity contribution in [3.63, 3.8) is 0 Å². The maximum atomic E-state index is 6.77. The van der Waals surface area contributed by atoms with E-state index < -0.39 is 5.79 Å². The van der Waals surface area contributed by atoms with Crippen molar-refractivity contribution < 1.29 is 9.47 Å². The van der Waals surface area contributed by atoms with Crippen molar-refractivity contribution in [3.8, 4) is 0 Å². The van der Waals surface area contributed by atoms with Gasteiger partial charge in [-0.05, 0) is 32.4 Å². The van der Waals surface area contributed by atoms with Gasteiger partial charge in [-0.3, -0.25) is 4.90 Å². The average Bonchev–Trinajstić information content (AvgIpc) is 3.17. The van der Waals surface area contributed by atoms with E-state index in [1.807, 2.05) is 12.1 Å². The molecule has 0 spiro atoms. The van der Waals surface area contributed by atoms with Crippen molar-refractivity contribution in [1.82, 2.24) is 4.90 Å². The number of likely N-dealkylation sites (tertiary alicyclic amines) is 1. The second-order valence-electron chi connectivity index (χ2n) is 7.42. The van der Waals surface area contributed by atoms with Gasteiger partial charge in [0.2, 0.25) is 5.79 Å². The Kier molecular flexibility index (Phi) is 5.39. The molecule has 2 atom stereocenters. The van der Waals surface area contributed by atoms with Gasteiger partial charge in [-0.25, -0.2) is 0 Å². The molecule has 0 bridgehead atoms. The van der Waals surface area contributed by atoms with Crippen molar-refractivity contribution in [3.05, 3.63) is 71.8 Å². The lowest BCUT2D eigenvalue weighted by atomic mass is 9.96. The molecule has 0 aromatic heterocycles. The zero-order valence-corrected chi connectivity index (χ0v) is 15.6. The number of hydrogen-bond acceptors (Lipinski definition) is 3. The lowest BCUT2D eigenvalue weighted by molar-refractivity contribution is -0.152. The van der Waals surface area contributed by atoms with Gasteiger partial charge in [-0.2, -0.15) is 0 Å². The van der Waals surface area contributed by atoms with Crippen LogP contribution in [0.5, 0.6) is 0 Å². The first-order chi connectivity index (χ1) is 12.8. The van der Waals surface area contributed by atoms with Crippen LogP contribution in [0.3, 0.4) is 0 Å². The summed E-state index contributed by atoms with van der Waals surface area (Å²) in [6.07, 6.45) is 5.09. The fourth-order valence-electron chi connectivity index (χ4n) is 4.46. The van der Waals surface area contributed by atoms with Gasteiger partial charge < -0.3 is 9.47 Å². The van der Waals surface area contributed by atoms with Crippen molar-refractivity contribution in [1.29, 1.82) is 0 Å². The average molecular weight is 351 g/mol. The molecule has 2 saturated heterocycles. The Bertz CT molecular complexity index is 646. The monoisotopic (exact) mass is 351 g/mol. The molecule has 0 saturated carbocycles. The molecule has 1 unspecified atom stereocenters. The van der Waals surface area contributed by atoms with Crippen molar-refractivity contribution >= 4 is 0 Å². The Morgan fingerprint density at radius 1 is 0.962 bits per heavy atom. The van der Waals surface area contributed by atoms with E-state index in [1.54, 1.807) is 0 Å². The zero-order chi connectivity index (χ0) is 17.8. The minimum absolute atomic E-state index is 0.113. The molecule has 2 aliphatic heterocycles. The smallest absolute Gasteiger partial charge is 0.222 e. The van der Waals surface area contributed by atoms with Crippen LogP contribution >= 0.6 is 0 Å². The first-order valence-corrected chi connectivity index (χ1v) is 10.0. The van der Waals surface area contributed by atoms with E-state index in [2.05, 4.69) is 60.4 Å². The minimum atomic E-state index is -0.789. The van der Waals surface area contributed by atoms with Gasteiger partial charge in [0.15, 0.2) is 0 Å². The molecule has 26 heavy (non-hydrogen) atoms. The van der Waals surface area contributed by atoms with E-state index in [1.165, 1.54) is 32.2 Å². The number of nitrogens with zero attached hydrogens (tertiary/aromatic N) is 1. The van der Waals surface area contributed by atoms with Gasteiger partial charge in [0.1, 0.15) is 6.10 Å². The molecular formula is C23H29NO2. The normalized spacial score (nSPS) is 26.0. The van der Waals surface area contributed by atoms with Crippen LogP contribution < -0.4 is 0 Å². The van der Waals surface area contributed by atoms with E-state index in [0.717, 1.165) is 17.7 Å². The van der Waals surface area contributed by atoms with Gasteiger partial charge in [0.25, 0.3) is 0 Å². The fraction of sp³-hybridized carbons (Fsp3) is 0.478. The van der Waals surface area contributed by atoms with Crippen LogP contribution in [-0.2, 0) is 15.3 Å². The highest BCUT2D eigenvalue weighted by Crippen LogP contribution is 2.42. The van der Waals surface area contributed by atoms with E-state index >= 15 is 0 Å². The molecule has 0 aliphatic carbocycles. The van der Waals surface area contributed by atoms with Crippen LogP contribution in [0.25, 0.3) is 0 Å². The van der Waals surface area contributed by atoms with Crippen molar-refractivity contribution in [2.24, 2.45) is 0 Å². The second kappa shape index (κ2) is 7.91. The Morgan fingerprint density at radius 3 is 2.23 bits per heavy atom. The van der Waals surface area contributed by atoms with Gasteiger partial charge in [0.05, 0.1) is 6.61 Å². The summed E-state index contributed by atoms with van der Waals surface area (Å²) in [4.78, 5) is 2.61. The maximum absolute atomic E-state index is 6.77. The second-order valence-corrected chi connectivity index (χ2v) is 7.42. The van der Waals surface area contributed by atoms with E-state index in [0.29, 0.717) is 12.6 Å². The van der Waals surface area contributed by atoms with Crippen LogP contribution in [0.4, 0.5) is 0 Å². The summed E-state index contributed by atoms with van der Waals surface area (Å²) in [6, 6.07) is 21.2. The molecule has 138 valence electrons. The molecule has 4 rings (SSSR count). The first-order valence-electron chi connectivity index (χ1n) is 10.0. The Labute approximate surface area is 156 Å². The molecule has 0 radical (unpaired) electrons. The number of ether oxygens (including phenoxy) is 2. The maximum Gasteiger partial charge on any atom is 0.222 e. The van der Waals surface area contributed by atoms with Crippen molar-refractivity contribution in [2.45, 2.75) is 50.5 Å². The summed E-state index contributed by atoms with van der Waals surface area (Å²) in [6.45, 7) is 5.24. The highest BCUT2D eigenvalue weighted by atomic mass is 16.7. The minimum Gasteiger partial charge on any atom is -0.339 e. The number of rotatable bonds is 5. The SMILES string of the molecule is CCCN1CCCCC1[C@H]1COC(c2ccccc2)(c2ccccc2)O1. The van der Waals surface area contributed by atoms with Crippen LogP contribution in [-0.4, -0.2) is 36.7 Å². The largest absolute Gasteiger partial charge is 0.339 e. The molecule has 2 fully saturated rings. The number of benzene rings is 2. The molecule has 3 heteroatoms. The Morgan fingerprint density at radius 2 is 1.62 bits per heavy atom. The Balaban J connectivity index is 1.65. The van der Waals surface area contributed by atoms with Crippen molar-refractivity contribution in [2.75, 3.05) is 19.7 Å². The number of piperidine rings is 1. The molecule has 2 aromatic rings. The standard InChI is InChI=1S/C23H29NO2/c1-2-16-24-17-10-9-15-21(24)22-18-25-23(26-22,19-11-5-3-6-12-19)20-13-7-4-8-14-20/h3-8,11-14,21-22H,2,9-10,15-18H2,1H3/t21?,22-/m1/s1. The van der Waals surface area contributed by atoms with Gasteiger partial charge >= 0.3 is 0 Å². The molecule has 0 amide bonds.